The number of aromatic nitrogens is 2. The Balaban J connectivity index is 0.000000437. The number of unbranched alkanes of at least 4 members (excludes halogenated alkanes) is 3. The smallest absolute Gasteiger partial charge is 0.418 e. The van der Waals surface area contributed by atoms with E-state index in [4.69, 9.17) is 0 Å². The summed E-state index contributed by atoms with van der Waals surface area (Å²) in [4.78, 5) is 4.28. The van der Waals surface area contributed by atoms with E-state index in [-0.39, 0.29) is 0 Å². The van der Waals surface area contributed by atoms with Gasteiger partial charge in [-0.3, -0.25) is 0 Å². The molecule has 1 heterocycles. The molecule has 0 N–H and O–H groups in total. The number of imidazole rings is 1. The second-order valence-corrected chi connectivity index (χ2v) is 3.76. The highest BCUT2D eigenvalue weighted by atomic mass is 19.5. The summed E-state index contributed by atoms with van der Waals surface area (Å²) in [5.74, 6) is 1.21. The molecule has 100 valence electrons. The number of hydrogen-bond donors (Lipinski definition) is 0. The molecule has 1 rings (SSSR count). The fourth-order valence-electron chi connectivity index (χ4n) is 1.35. The number of hydrogen-bond acceptors (Lipinski definition) is 1. The second-order valence-electron chi connectivity index (χ2n) is 3.76. The van der Waals surface area contributed by atoms with Crippen LogP contribution < -0.4 is 0 Å². The summed E-state index contributed by atoms with van der Waals surface area (Å²) in [6.07, 6.45) is 10.3. The molecule has 0 fully saturated rings. The van der Waals surface area contributed by atoms with Gasteiger partial charge in [0.2, 0.25) is 0 Å². The highest BCUT2D eigenvalue weighted by Crippen LogP contribution is 2.06. The molecule has 0 aromatic carbocycles. The summed E-state index contributed by atoms with van der Waals surface area (Å²) in [5.41, 5.74) is 0. The van der Waals surface area contributed by atoms with Crippen molar-refractivity contribution in [2.24, 2.45) is 7.05 Å². The first-order valence-corrected chi connectivity index (χ1v) is 5.68. The molecule has 0 aliphatic rings. The zero-order valence-corrected chi connectivity index (χ0v) is 10.2. The van der Waals surface area contributed by atoms with Gasteiger partial charge in [0.1, 0.15) is 5.82 Å². The van der Waals surface area contributed by atoms with Gasteiger partial charge in [-0.25, -0.2) is 4.98 Å². The number of aryl methyl sites for hydroxylation is 2. The van der Waals surface area contributed by atoms with Crippen molar-refractivity contribution in [2.45, 2.75) is 39.0 Å². The predicted molar refractivity (Wildman–Crippen MR) is 61.2 cm³/mol. The van der Waals surface area contributed by atoms with E-state index in [1.165, 1.54) is 31.5 Å². The van der Waals surface area contributed by atoms with Crippen molar-refractivity contribution in [3.63, 3.8) is 0 Å². The largest absolute Gasteiger partial charge is 0.673 e. The number of nitrogens with zero attached hydrogens (tertiary/aromatic N) is 2. The topological polar surface area (TPSA) is 17.8 Å². The lowest BCUT2D eigenvalue weighted by molar-refractivity contribution is 0.368. The average molecular weight is 253 g/mol. The van der Waals surface area contributed by atoms with Crippen LogP contribution in [0.25, 0.3) is 0 Å². The SMILES string of the molecule is CCCCCCc1nccn1C.F[B-](F)(F)F. The molecule has 0 aliphatic heterocycles. The first-order chi connectivity index (χ1) is 7.84. The minimum absolute atomic E-state index is 1.13. The minimum atomic E-state index is -6.00. The molecule has 17 heavy (non-hydrogen) atoms. The molecule has 2 nitrogen and oxygen atoms in total. The zero-order chi connectivity index (χ0) is 13.3. The van der Waals surface area contributed by atoms with Crippen LogP contribution in [-0.2, 0) is 13.5 Å². The molecule has 0 saturated heterocycles. The van der Waals surface area contributed by atoms with Crippen molar-refractivity contribution in [1.29, 1.82) is 0 Å². The standard InChI is InChI=1S/C10H18N2.BF4/c1-3-4-5-6-7-10-11-8-9-12(10)2;2-1(3,4)5/h8-9H,3-7H2,1-2H3;/q;-1. The third-order valence-corrected chi connectivity index (χ3v) is 2.17. The molecule has 0 atom stereocenters. The van der Waals surface area contributed by atoms with Crippen molar-refractivity contribution in [1.82, 2.24) is 9.55 Å². The Morgan fingerprint density at radius 2 is 1.76 bits per heavy atom. The van der Waals surface area contributed by atoms with E-state index in [1.54, 1.807) is 0 Å². The number of rotatable bonds is 5. The Labute approximate surface area is 99.1 Å². The fraction of sp³-hybridized carbons (Fsp3) is 0.700. The summed E-state index contributed by atoms with van der Waals surface area (Å²) < 4.78 is 41.1. The van der Waals surface area contributed by atoms with Gasteiger partial charge in [-0.05, 0) is 6.42 Å². The third-order valence-electron chi connectivity index (χ3n) is 2.17. The Morgan fingerprint density at radius 1 is 1.18 bits per heavy atom. The highest BCUT2D eigenvalue weighted by molar-refractivity contribution is 6.50. The Kier molecular flexibility index (Phi) is 7.66. The Hall–Kier alpha value is -1.01. The second kappa shape index (κ2) is 8.14. The molecule has 0 unspecified atom stereocenters. The van der Waals surface area contributed by atoms with Crippen LogP contribution in [0.2, 0.25) is 0 Å². The van der Waals surface area contributed by atoms with Crippen LogP contribution in [0, 0.1) is 0 Å². The molecular weight excluding hydrogens is 235 g/mol. The van der Waals surface area contributed by atoms with E-state index in [0.29, 0.717) is 0 Å². The van der Waals surface area contributed by atoms with Crippen molar-refractivity contribution in [3.8, 4) is 0 Å². The molecule has 0 spiro atoms. The van der Waals surface area contributed by atoms with Gasteiger partial charge in [0, 0.05) is 25.9 Å². The van der Waals surface area contributed by atoms with Gasteiger partial charge in [-0.1, -0.05) is 26.2 Å². The van der Waals surface area contributed by atoms with E-state index < -0.39 is 7.25 Å². The van der Waals surface area contributed by atoms with Crippen LogP contribution in [0.4, 0.5) is 17.3 Å². The molecule has 0 radical (unpaired) electrons. The van der Waals surface area contributed by atoms with Gasteiger partial charge in [0.05, 0.1) is 0 Å². The monoisotopic (exact) mass is 253 g/mol. The van der Waals surface area contributed by atoms with E-state index in [2.05, 4.69) is 23.5 Å². The van der Waals surface area contributed by atoms with Crippen LogP contribution >= 0.6 is 0 Å². The lowest BCUT2D eigenvalue weighted by Crippen LogP contribution is -2.02. The molecule has 0 amide bonds. The van der Waals surface area contributed by atoms with E-state index >= 15 is 0 Å². The van der Waals surface area contributed by atoms with Crippen molar-refractivity contribution in [2.75, 3.05) is 0 Å². The van der Waals surface area contributed by atoms with E-state index in [9.17, 15) is 17.3 Å². The third kappa shape index (κ3) is 11.3. The molecule has 0 saturated carbocycles. The van der Waals surface area contributed by atoms with E-state index in [1.807, 2.05) is 12.4 Å². The van der Waals surface area contributed by atoms with Gasteiger partial charge < -0.3 is 21.8 Å². The van der Waals surface area contributed by atoms with E-state index in [0.717, 1.165) is 6.42 Å². The van der Waals surface area contributed by atoms with Crippen molar-refractivity contribution in [3.05, 3.63) is 18.2 Å². The normalized spacial score (nSPS) is 10.9. The van der Waals surface area contributed by atoms with Crippen molar-refractivity contribution >= 4 is 7.25 Å². The summed E-state index contributed by atoms with van der Waals surface area (Å²) in [6.45, 7) is 2.24. The fourth-order valence-corrected chi connectivity index (χ4v) is 1.35. The Morgan fingerprint density at radius 3 is 2.18 bits per heavy atom. The Bertz CT molecular complexity index is 293. The van der Waals surface area contributed by atoms with Crippen LogP contribution in [-0.4, -0.2) is 16.8 Å². The summed E-state index contributed by atoms with van der Waals surface area (Å²) >= 11 is 0. The van der Waals surface area contributed by atoms with Crippen LogP contribution in [0.5, 0.6) is 0 Å². The quantitative estimate of drug-likeness (QED) is 0.442. The molecular formula is C10H18BF4N2-. The maximum atomic E-state index is 9.75. The van der Waals surface area contributed by atoms with Crippen molar-refractivity contribution < 1.29 is 17.3 Å². The lowest BCUT2D eigenvalue weighted by atomic mass is 10.1. The highest BCUT2D eigenvalue weighted by Gasteiger charge is 2.20. The lowest BCUT2D eigenvalue weighted by Gasteiger charge is -2.00. The maximum Gasteiger partial charge on any atom is 0.673 e. The van der Waals surface area contributed by atoms with Gasteiger partial charge in [-0.2, -0.15) is 0 Å². The molecule has 1 aromatic heterocycles. The average Bonchev–Trinajstić information content (AvgIpc) is 2.57. The number of halogens is 4. The molecule has 7 heteroatoms. The summed E-state index contributed by atoms with van der Waals surface area (Å²) in [5, 5.41) is 0. The summed E-state index contributed by atoms with van der Waals surface area (Å²) in [6, 6.07) is 0. The zero-order valence-electron chi connectivity index (χ0n) is 10.2. The minimum Gasteiger partial charge on any atom is -0.418 e. The first kappa shape index (κ1) is 16.0. The van der Waals surface area contributed by atoms with Gasteiger partial charge in [0.15, 0.2) is 0 Å². The van der Waals surface area contributed by atoms with Gasteiger partial charge in [-0.15, -0.1) is 0 Å². The predicted octanol–water partition coefficient (Wildman–Crippen LogP) is 3.84. The summed E-state index contributed by atoms with van der Waals surface area (Å²) in [7, 11) is -3.94. The van der Waals surface area contributed by atoms with Gasteiger partial charge >= 0.3 is 7.25 Å². The van der Waals surface area contributed by atoms with Crippen LogP contribution in [0.1, 0.15) is 38.4 Å². The first-order valence-electron chi connectivity index (χ1n) is 5.68. The van der Waals surface area contributed by atoms with Crippen LogP contribution in [0.15, 0.2) is 12.4 Å². The molecule has 0 aliphatic carbocycles. The molecule has 0 bridgehead atoms. The van der Waals surface area contributed by atoms with Crippen LogP contribution in [0.3, 0.4) is 0 Å². The van der Waals surface area contributed by atoms with Gasteiger partial charge in [0.25, 0.3) is 0 Å². The maximum absolute atomic E-state index is 9.75. The molecule has 1 aromatic rings.